The SMILES string of the molecule is COC(=O)C1=C(C)NC(C)=C(C(=O)OCCCCCCNCC(O)COc2ccccc2)C1c1cccc(OC)c1. The molecule has 222 valence electrons. The molecule has 1 heterocycles. The molecule has 3 rings (SSSR count). The Morgan fingerprint density at radius 3 is 2.29 bits per heavy atom. The van der Waals surface area contributed by atoms with E-state index in [4.69, 9.17) is 18.9 Å². The van der Waals surface area contributed by atoms with Crippen LogP contribution >= 0.6 is 0 Å². The van der Waals surface area contributed by atoms with Gasteiger partial charge in [0.05, 0.1) is 37.9 Å². The molecule has 0 fully saturated rings. The number of nitrogens with one attached hydrogen (secondary N) is 2. The van der Waals surface area contributed by atoms with Gasteiger partial charge in [-0.3, -0.25) is 0 Å². The average molecular weight is 567 g/mol. The molecule has 0 amide bonds. The molecule has 0 spiro atoms. The minimum Gasteiger partial charge on any atom is -0.497 e. The number of aliphatic hydroxyl groups is 1. The molecule has 2 aromatic rings. The van der Waals surface area contributed by atoms with Crippen molar-refractivity contribution in [2.45, 2.75) is 51.6 Å². The number of aliphatic hydroxyl groups excluding tert-OH is 1. The molecule has 3 N–H and O–H groups in total. The van der Waals surface area contributed by atoms with Crippen LogP contribution in [0.15, 0.2) is 77.1 Å². The van der Waals surface area contributed by atoms with Crippen molar-refractivity contribution < 1.29 is 33.6 Å². The zero-order chi connectivity index (χ0) is 29.6. The monoisotopic (exact) mass is 566 g/mol. The van der Waals surface area contributed by atoms with Crippen molar-refractivity contribution in [3.8, 4) is 11.5 Å². The summed E-state index contributed by atoms with van der Waals surface area (Å²) in [6.07, 6.45) is 2.95. The molecule has 0 aromatic heterocycles. The minimum atomic E-state index is -0.647. The first-order valence-corrected chi connectivity index (χ1v) is 14.0. The third-order valence-electron chi connectivity index (χ3n) is 6.86. The lowest BCUT2D eigenvalue weighted by Gasteiger charge is -2.30. The van der Waals surface area contributed by atoms with Gasteiger partial charge in [-0.05, 0) is 63.1 Å². The first kappa shape index (κ1) is 31.7. The lowest BCUT2D eigenvalue weighted by atomic mass is 9.80. The second-order valence-electron chi connectivity index (χ2n) is 9.94. The smallest absolute Gasteiger partial charge is 0.336 e. The summed E-state index contributed by atoms with van der Waals surface area (Å²) in [6.45, 7) is 5.35. The van der Waals surface area contributed by atoms with E-state index < -0.39 is 24.0 Å². The van der Waals surface area contributed by atoms with Crippen LogP contribution in [0.5, 0.6) is 11.5 Å². The van der Waals surface area contributed by atoms with Gasteiger partial charge < -0.3 is 34.7 Å². The van der Waals surface area contributed by atoms with Crippen LogP contribution in [0, 0.1) is 0 Å². The standard InChI is InChI=1S/C32H42N2O7/c1-22-28(31(36)39-4)30(24-13-12-16-27(19-24)38-3)29(23(2)34-22)32(37)40-18-11-6-5-10-17-33-20-25(35)21-41-26-14-8-7-9-15-26/h7-9,12-16,19,25,30,33-35H,5-6,10-11,17-18,20-21H2,1-4H3. The van der Waals surface area contributed by atoms with E-state index in [1.165, 1.54) is 7.11 Å². The Hall–Kier alpha value is -3.82. The Labute approximate surface area is 242 Å². The molecule has 41 heavy (non-hydrogen) atoms. The molecule has 0 aliphatic carbocycles. The number of hydrogen-bond donors (Lipinski definition) is 3. The molecule has 1 aliphatic heterocycles. The Morgan fingerprint density at radius 2 is 1.59 bits per heavy atom. The highest BCUT2D eigenvalue weighted by Gasteiger charge is 2.37. The number of dihydropyridines is 1. The quantitative estimate of drug-likeness (QED) is 0.203. The zero-order valence-electron chi connectivity index (χ0n) is 24.4. The predicted octanol–water partition coefficient (Wildman–Crippen LogP) is 4.24. The number of rotatable bonds is 16. The molecule has 0 saturated heterocycles. The fourth-order valence-electron chi connectivity index (χ4n) is 4.78. The van der Waals surface area contributed by atoms with Crippen LogP contribution in [0.1, 0.15) is 51.0 Å². The number of carbonyl (C=O) groups is 2. The van der Waals surface area contributed by atoms with Crippen LogP contribution in [-0.4, -0.2) is 63.7 Å². The van der Waals surface area contributed by atoms with E-state index in [1.54, 1.807) is 21.0 Å². The molecule has 0 bridgehead atoms. The van der Waals surface area contributed by atoms with Crippen LogP contribution in [0.25, 0.3) is 0 Å². The Bertz CT molecular complexity index is 1210. The van der Waals surface area contributed by atoms with Gasteiger partial charge in [-0.15, -0.1) is 0 Å². The number of allylic oxidation sites excluding steroid dienone is 2. The third kappa shape index (κ3) is 9.37. The number of ether oxygens (including phenoxy) is 4. The van der Waals surface area contributed by atoms with Gasteiger partial charge in [-0.2, -0.15) is 0 Å². The van der Waals surface area contributed by atoms with Crippen molar-refractivity contribution in [2.75, 3.05) is 40.5 Å². The van der Waals surface area contributed by atoms with Crippen LogP contribution in [0.2, 0.25) is 0 Å². The van der Waals surface area contributed by atoms with Crippen LogP contribution < -0.4 is 20.1 Å². The van der Waals surface area contributed by atoms with Crippen molar-refractivity contribution in [3.05, 3.63) is 82.7 Å². The van der Waals surface area contributed by atoms with Gasteiger partial charge in [0.2, 0.25) is 0 Å². The second-order valence-corrected chi connectivity index (χ2v) is 9.94. The topological polar surface area (TPSA) is 115 Å². The molecule has 2 atom stereocenters. The summed E-state index contributed by atoms with van der Waals surface area (Å²) in [6, 6.07) is 16.7. The fourth-order valence-corrected chi connectivity index (χ4v) is 4.78. The lowest BCUT2D eigenvalue weighted by Crippen LogP contribution is -2.32. The van der Waals surface area contributed by atoms with Gasteiger partial charge in [0.15, 0.2) is 0 Å². The summed E-state index contributed by atoms with van der Waals surface area (Å²) in [4.78, 5) is 26.1. The van der Waals surface area contributed by atoms with E-state index in [9.17, 15) is 14.7 Å². The van der Waals surface area contributed by atoms with Crippen LogP contribution in [0.3, 0.4) is 0 Å². The average Bonchev–Trinajstić information content (AvgIpc) is 2.98. The van der Waals surface area contributed by atoms with Crippen molar-refractivity contribution in [2.24, 2.45) is 0 Å². The number of benzene rings is 2. The third-order valence-corrected chi connectivity index (χ3v) is 6.86. The largest absolute Gasteiger partial charge is 0.497 e. The highest BCUT2D eigenvalue weighted by atomic mass is 16.5. The van der Waals surface area contributed by atoms with Gasteiger partial charge in [0, 0.05) is 17.9 Å². The second kappa shape index (κ2) is 16.4. The minimum absolute atomic E-state index is 0.239. The van der Waals surface area contributed by atoms with E-state index in [-0.39, 0.29) is 13.2 Å². The van der Waals surface area contributed by atoms with Gasteiger partial charge in [-0.1, -0.05) is 43.2 Å². The highest BCUT2D eigenvalue weighted by Crippen LogP contribution is 2.40. The van der Waals surface area contributed by atoms with E-state index >= 15 is 0 Å². The summed E-state index contributed by atoms with van der Waals surface area (Å²) in [5, 5.41) is 16.5. The van der Waals surface area contributed by atoms with Crippen molar-refractivity contribution in [3.63, 3.8) is 0 Å². The van der Waals surface area contributed by atoms with Gasteiger partial charge in [-0.25, -0.2) is 9.59 Å². The first-order chi connectivity index (χ1) is 19.8. The fraction of sp³-hybridized carbons (Fsp3) is 0.438. The molecule has 0 radical (unpaired) electrons. The van der Waals surface area contributed by atoms with Crippen molar-refractivity contribution in [1.82, 2.24) is 10.6 Å². The molecular weight excluding hydrogens is 524 g/mol. The normalized spacial score (nSPS) is 15.7. The number of carbonyl (C=O) groups excluding carboxylic acids is 2. The maximum absolute atomic E-state index is 13.3. The molecule has 2 aromatic carbocycles. The summed E-state index contributed by atoms with van der Waals surface area (Å²) < 4.78 is 21.7. The first-order valence-electron chi connectivity index (χ1n) is 14.0. The van der Waals surface area contributed by atoms with Gasteiger partial charge >= 0.3 is 11.9 Å². The number of para-hydroxylation sites is 1. The zero-order valence-corrected chi connectivity index (χ0v) is 24.4. The van der Waals surface area contributed by atoms with E-state index in [0.29, 0.717) is 34.8 Å². The number of hydrogen-bond acceptors (Lipinski definition) is 9. The molecular formula is C32H42N2O7. The van der Waals surface area contributed by atoms with E-state index in [1.807, 2.05) is 54.6 Å². The Kier molecular flexibility index (Phi) is 12.7. The summed E-state index contributed by atoms with van der Waals surface area (Å²) in [7, 11) is 2.90. The van der Waals surface area contributed by atoms with Crippen LogP contribution in [0.4, 0.5) is 0 Å². The van der Waals surface area contributed by atoms with Gasteiger partial charge in [0.1, 0.15) is 24.2 Å². The number of methoxy groups -OCH3 is 2. The Balaban J connectivity index is 1.44. The van der Waals surface area contributed by atoms with Crippen molar-refractivity contribution in [1.29, 1.82) is 0 Å². The summed E-state index contributed by atoms with van der Waals surface area (Å²) in [5.41, 5.74) is 2.74. The maximum atomic E-state index is 13.3. The number of esters is 2. The molecule has 1 aliphatic rings. The van der Waals surface area contributed by atoms with Crippen molar-refractivity contribution >= 4 is 11.9 Å². The molecule has 9 nitrogen and oxygen atoms in total. The molecule has 2 unspecified atom stereocenters. The lowest BCUT2D eigenvalue weighted by molar-refractivity contribution is -0.139. The van der Waals surface area contributed by atoms with Crippen LogP contribution in [-0.2, 0) is 19.1 Å². The molecule has 9 heteroatoms. The van der Waals surface area contributed by atoms with Gasteiger partial charge in [0.25, 0.3) is 0 Å². The Morgan fingerprint density at radius 1 is 0.902 bits per heavy atom. The molecule has 0 saturated carbocycles. The highest BCUT2D eigenvalue weighted by molar-refractivity contribution is 5.99. The predicted molar refractivity (Wildman–Crippen MR) is 157 cm³/mol. The van der Waals surface area contributed by atoms with E-state index in [0.717, 1.165) is 43.5 Å². The summed E-state index contributed by atoms with van der Waals surface area (Å²) in [5.74, 6) is -0.260. The number of unbranched alkanes of at least 4 members (excludes halogenated alkanes) is 3. The summed E-state index contributed by atoms with van der Waals surface area (Å²) >= 11 is 0. The van der Waals surface area contributed by atoms with E-state index in [2.05, 4.69) is 10.6 Å². The maximum Gasteiger partial charge on any atom is 0.336 e.